The SMILES string of the molecule is N#Cc1c(N)nc(S(=O)(=O)CC(=O)c2ccc(Cl)cc2)c(C#N)c1-c1ccsc1. The minimum atomic E-state index is -4.32. The van der Waals surface area contributed by atoms with E-state index in [0.29, 0.717) is 10.6 Å². The quantitative estimate of drug-likeness (QED) is 0.597. The number of hydrogen-bond donors (Lipinski definition) is 1. The molecule has 0 aliphatic rings. The van der Waals surface area contributed by atoms with Crippen molar-refractivity contribution in [3.63, 3.8) is 0 Å². The van der Waals surface area contributed by atoms with Gasteiger partial charge < -0.3 is 5.73 Å². The Bertz CT molecular complexity index is 1290. The van der Waals surface area contributed by atoms with Crippen molar-refractivity contribution in [1.29, 1.82) is 10.5 Å². The first-order valence-electron chi connectivity index (χ1n) is 7.96. The zero-order chi connectivity index (χ0) is 21.2. The maximum atomic E-state index is 12.9. The van der Waals surface area contributed by atoms with Gasteiger partial charge in [0.15, 0.2) is 10.8 Å². The van der Waals surface area contributed by atoms with E-state index in [4.69, 9.17) is 17.3 Å². The Morgan fingerprint density at radius 1 is 1.14 bits per heavy atom. The van der Waals surface area contributed by atoms with E-state index in [1.54, 1.807) is 16.8 Å². The van der Waals surface area contributed by atoms with Crippen LogP contribution >= 0.6 is 22.9 Å². The molecule has 7 nitrogen and oxygen atoms in total. The summed E-state index contributed by atoms with van der Waals surface area (Å²) in [5.41, 5.74) is 6.10. The maximum absolute atomic E-state index is 12.9. The average Bonchev–Trinajstić information content (AvgIpc) is 3.21. The molecular formula is C19H11ClN4O3S2. The molecule has 2 heterocycles. The number of sulfone groups is 1. The van der Waals surface area contributed by atoms with Crippen molar-refractivity contribution in [2.24, 2.45) is 0 Å². The third-order valence-electron chi connectivity index (χ3n) is 4.01. The maximum Gasteiger partial charge on any atom is 0.204 e. The van der Waals surface area contributed by atoms with Gasteiger partial charge in [-0.15, -0.1) is 0 Å². The van der Waals surface area contributed by atoms with E-state index in [2.05, 4.69) is 4.98 Å². The molecule has 3 rings (SSSR count). The summed E-state index contributed by atoms with van der Waals surface area (Å²) in [4.78, 5) is 16.2. The van der Waals surface area contributed by atoms with E-state index in [-0.39, 0.29) is 28.1 Å². The Morgan fingerprint density at radius 3 is 2.34 bits per heavy atom. The molecule has 10 heteroatoms. The number of benzene rings is 1. The lowest BCUT2D eigenvalue weighted by Gasteiger charge is -2.12. The van der Waals surface area contributed by atoms with E-state index in [1.807, 2.05) is 12.1 Å². The molecule has 29 heavy (non-hydrogen) atoms. The molecule has 2 N–H and O–H groups in total. The summed E-state index contributed by atoms with van der Waals surface area (Å²) in [5, 5.41) is 22.2. The van der Waals surface area contributed by atoms with Crippen molar-refractivity contribution < 1.29 is 13.2 Å². The largest absolute Gasteiger partial charge is 0.383 e. The second kappa shape index (κ2) is 8.02. The highest BCUT2D eigenvalue weighted by atomic mass is 35.5. The summed E-state index contributed by atoms with van der Waals surface area (Å²) in [6.07, 6.45) is 0. The lowest BCUT2D eigenvalue weighted by atomic mass is 9.99. The Kier molecular flexibility index (Phi) is 5.66. The van der Waals surface area contributed by atoms with E-state index in [1.165, 1.54) is 35.6 Å². The lowest BCUT2D eigenvalue weighted by molar-refractivity contribution is 0.102. The van der Waals surface area contributed by atoms with Crippen molar-refractivity contribution in [2.45, 2.75) is 5.03 Å². The van der Waals surface area contributed by atoms with Crippen LogP contribution in [0, 0.1) is 22.7 Å². The van der Waals surface area contributed by atoms with Gasteiger partial charge in [0, 0.05) is 16.1 Å². The molecule has 2 aromatic heterocycles. The van der Waals surface area contributed by atoms with Crippen LogP contribution in [0.4, 0.5) is 5.82 Å². The number of hydrogen-bond acceptors (Lipinski definition) is 8. The Labute approximate surface area is 175 Å². The molecule has 0 saturated carbocycles. The molecule has 1 aromatic carbocycles. The second-order valence-corrected chi connectivity index (χ2v) is 8.97. The third-order valence-corrected chi connectivity index (χ3v) is 6.47. The van der Waals surface area contributed by atoms with E-state index in [9.17, 15) is 23.7 Å². The summed E-state index contributed by atoms with van der Waals surface area (Å²) >= 11 is 7.09. The number of nitrogens with two attached hydrogens (primary N) is 1. The third kappa shape index (κ3) is 3.98. The van der Waals surface area contributed by atoms with Crippen LogP contribution < -0.4 is 5.73 Å². The summed E-state index contributed by atoms with van der Waals surface area (Å²) in [5.74, 6) is -1.93. The predicted octanol–water partition coefficient (Wildman–Crippen LogP) is 3.45. The zero-order valence-corrected chi connectivity index (χ0v) is 17.0. The molecule has 144 valence electrons. The predicted molar refractivity (Wildman–Crippen MR) is 109 cm³/mol. The van der Waals surface area contributed by atoms with Crippen molar-refractivity contribution in [3.8, 4) is 23.3 Å². The first-order chi connectivity index (χ1) is 13.8. The summed E-state index contributed by atoms with van der Waals surface area (Å²) in [6.45, 7) is 0. The Balaban J connectivity index is 2.15. The Hall–Kier alpha value is -3.24. The van der Waals surface area contributed by atoms with Crippen LogP contribution in [0.2, 0.25) is 5.02 Å². The molecule has 0 atom stereocenters. The van der Waals surface area contributed by atoms with Crippen LogP contribution in [0.3, 0.4) is 0 Å². The fraction of sp³-hybridized carbons (Fsp3) is 0.0526. The first-order valence-corrected chi connectivity index (χ1v) is 10.9. The van der Waals surface area contributed by atoms with Crippen molar-refractivity contribution >= 4 is 44.4 Å². The second-order valence-electron chi connectivity index (χ2n) is 5.85. The van der Waals surface area contributed by atoms with Crippen molar-refractivity contribution in [3.05, 3.63) is 62.8 Å². The number of anilines is 1. The number of pyridine rings is 1. The molecule has 0 aliphatic carbocycles. The molecule has 0 amide bonds. The van der Waals surface area contributed by atoms with Gasteiger partial charge in [-0.05, 0) is 46.7 Å². The number of halogens is 1. The molecule has 0 radical (unpaired) electrons. The zero-order valence-electron chi connectivity index (χ0n) is 14.6. The Morgan fingerprint density at radius 2 is 1.79 bits per heavy atom. The number of carbonyl (C=O) groups is 1. The number of aromatic nitrogens is 1. The average molecular weight is 443 g/mol. The van der Waals surface area contributed by atoms with Crippen LogP contribution in [0.25, 0.3) is 11.1 Å². The number of nitriles is 2. The highest BCUT2D eigenvalue weighted by Gasteiger charge is 2.30. The van der Waals surface area contributed by atoms with Crippen LogP contribution in [0.5, 0.6) is 0 Å². The van der Waals surface area contributed by atoms with Gasteiger partial charge in [-0.3, -0.25) is 4.79 Å². The number of nitrogen functional groups attached to an aromatic ring is 1. The fourth-order valence-corrected chi connectivity index (χ4v) is 4.80. The number of carbonyl (C=O) groups excluding carboxylic acids is 1. The van der Waals surface area contributed by atoms with Gasteiger partial charge in [-0.25, -0.2) is 13.4 Å². The molecule has 0 bridgehead atoms. The van der Waals surface area contributed by atoms with Crippen molar-refractivity contribution in [1.82, 2.24) is 4.98 Å². The van der Waals surface area contributed by atoms with Crippen LogP contribution in [0.15, 0.2) is 46.1 Å². The minimum absolute atomic E-state index is 0.0845. The number of rotatable bonds is 5. The summed E-state index contributed by atoms with van der Waals surface area (Å²) < 4.78 is 25.9. The van der Waals surface area contributed by atoms with Gasteiger partial charge in [0.25, 0.3) is 0 Å². The van der Waals surface area contributed by atoms with E-state index >= 15 is 0 Å². The van der Waals surface area contributed by atoms with Crippen LogP contribution in [-0.2, 0) is 9.84 Å². The lowest BCUT2D eigenvalue weighted by Crippen LogP contribution is -2.20. The number of Topliss-reactive ketones (excluding diaryl/α,β-unsaturated/α-hetero) is 1. The highest BCUT2D eigenvalue weighted by molar-refractivity contribution is 7.92. The van der Waals surface area contributed by atoms with Crippen LogP contribution in [-0.4, -0.2) is 24.9 Å². The standard InChI is InChI=1S/C19H11ClN4O3S2/c20-13-3-1-11(2-4-13)16(25)10-29(26,27)19-15(8-22)17(12-5-6-28-9-12)14(7-21)18(23)24-19/h1-6,9H,10H2,(H2,23,24). The molecular weight excluding hydrogens is 432 g/mol. The van der Waals surface area contributed by atoms with Gasteiger partial charge in [0.1, 0.15) is 29.3 Å². The topological polar surface area (TPSA) is 138 Å². The number of thiophene rings is 1. The summed E-state index contributed by atoms with van der Waals surface area (Å²) in [7, 11) is -4.32. The van der Waals surface area contributed by atoms with Gasteiger partial charge in [-0.2, -0.15) is 21.9 Å². The summed E-state index contributed by atoms with van der Waals surface area (Å²) in [6, 6.07) is 11.1. The van der Waals surface area contributed by atoms with Gasteiger partial charge >= 0.3 is 0 Å². The molecule has 0 spiro atoms. The van der Waals surface area contributed by atoms with Gasteiger partial charge in [0.2, 0.25) is 9.84 Å². The molecule has 0 saturated heterocycles. The number of ketones is 1. The minimum Gasteiger partial charge on any atom is -0.383 e. The van der Waals surface area contributed by atoms with Gasteiger partial charge in [0.05, 0.1) is 5.56 Å². The monoisotopic (exact) mass is 442 g/mol. The molecule has 0 fully saturated rings. The van der Waals surface area contributed by atoms with E-state index in [0.717, 1.165) is 0 Å². The first kappa shape index (κ1) is 20.5. The smallest absolute Gasteiger partial charge is 0.204 e. The molecule has 0 unspecified atom stereocenters. The molecule has 0 aliphatic heterocycles. The fourth-order valence-electron chi connectivity index (χ4n) is 2.68. The van der Waals surface area contributed by atoms with Gasteiger partial charge in [-0.1, -0.05) is 11.6 Å². The normalized spacial score (nSPS) is 10.9. The van der Waals surface area contributed by atoms with Crippen LogP contribution in [0.1, 0.15) is 21.5 Å². The highest BCUT2D eigenvalue weighted by Crippen LogP contribution is 2.35. The van der Waals surface area contributed by atoms with E-state index < -0.39 is 26.4 Å². The molecule has 3 aromatic rings. The van der Waals surface area contributed by atoms with Crippen molar-refractivity contribution in [2.75, 3.05) is 11.5 Å². The number of nitrogens with zero attached hydrogens (tertiary/aromatic N) is 3.